The first-order chi connectivity index (χ1) is 7.92. The molecule has 0 saturated heterocycles. The lowest BCUT2D eigenvalue weighted by Crippen LogP contribution is -2.14. The SMILES string of the molecule is CCCNCc1ncoc1-c1ccccc1. The molecule has 0 spiro atoms. The van der Waals surface area contributed by atoms with E-state index in [1.807, 2.05) is 30.3 Å². The molecule has 2 aromatic rings. The molecule has 1 aromatic carbocycles. The normalized spacial score (nSPS) is 10.6. The number of nitrogens with zero attached hydrogens (tertiary/aromatic N) is 1. The topological polar surface area (TPSA) is 38.1 Å². The van der Waals surface area contributed by atoms with Crippen molar-refractivity contribution in [2.75, 3.05) is 6.54 Å². The average Bonchev–Trinajstić information content (AvgIpc) is 2.79. The molecule has 1 aromatic heterocycles. The van der Waals surface area contributed by atoms with Gasteiger partial charge < -0.3 is 9.73 Å². The summed E-state index contributed by atoms with van der Waals surface area (Å²) >= 11 is 0. The van der Waals surface area contributed by atoms with Gasteiger partial charge in [0.25, 0.3) is 0 Å². The second-order valence-corrected chi connectivity index (χ2v) is 3.67. The molecule has 0 radical (unpaired) electrons. The Morgan fingerprint density at radius 2 is 2.06 bits per heavy atom. The molecule has 1 N–H and O–H groups in total. The zero-order valence-electron chi connectivity index (χ0n) is 9.44. The Kier molecular flexibility index (Phi) is 3.72. The van der Waals surface area contributed by atoms with E-state index in [9.17, 15) is 0 Å². The highest BCUT2D eigenvalue weighted by Gasteiger charge is 2.09. The number of rotatable bonds is 5. The number of aromatic nitrogens is 1. The number of nitrogens with one attached hydrogen (secondary N) is 1. The third-order valence-electron chi connectivity index (χ3n) is 2.40. The van der Waals surface area contributed by atoms with E-state index in [2.05, 4.69) is 17.2 Å². The van der Waals surface area contributed by atoms with Crippen LogP contribution in [-0.4, -0.2) is 11.5 Å². The minimum atomic E-state index is 0.758. The van der Waals surface area contributed by atoms with Crippen LogP contribution in [0.3, 0.4) is 0 Å². The maximum atomic E-state index is 5.43. The van der Waals surface area contributed by atoms with Crippen LogP contribution in [0, 0.1) is 0 Å². The van der Waals surface area contributed by atoms with Crippen LogP contribution in [0.1, 0.15) is 19.0 Å². The minimum absolute atomic E-state index is 0.758. The molecule has 0 bridgehead atoms. The lowest BCUT2D eigenvalue weighted by atomic mass is 10.1. The molecule has 0 aliphatic carbocycles. The predicted molar refractivity (Wildman–Crippen MR) is 63.9 cm³/mol. The van der Waals surface area contributed by atoms with Gasteiger partial charge in [0, 0.05) is 12.1 Å². The summed E-state index contributed by atoms with van der Waals surface area (Å²) in [6.07, 6.45) is 2.63. The van der Waals surface area contributed by atoms with E-state index >= 15 is 0 Å². The molecule has 2 rings (SSSR count). The van der Waals surface area contributed by atoms with Crippen LogP contribution >= 0.6 is 0 Å². The van der Waals surface area contributed by atoms with Crippen molar-refractivity contribution in [3.8, 4) is 11.3 Å². The van der Waals surface area contributed by atoms with Crippen molar-refractivity contribution in [3.63, 3.8) is 0 Å². The molecule has 16 heavy (non-hydrogen) atoms. The summed E-state index contributed by atoms with van der Waals surface area (Å²) in [6, 6.07) is 10.1. The Balaban J connectivity index is 2.13. The van der Waals surface area contributed by atoms with Crippen molar-refractivity contribution < 1.29 is 4.42 Å². The molecule has 1 heterocycles. The monoisotopic (exact) mass is 216 g/mol. The number of benzene rings is 1. The zero-order valence-corrected chi connectivity index (χ0v) is 9.44. The molecule has 3 heteroatoms. The van der Waals surface area contributed by atoms with Gasteiger partial charge in [-0.05, 0) is 13.0 Å². The van der Waals surface area contributed by atoms with Crippen LogP contribution in [0.2, 0.25) is 0 Å². The standard InChI is InChI=1S/C13H16N2O/c1-2-8-14-9-12-13(16-10-15-12)11-6-4-3-5-7-11/h3-7,10,14H,2,8-9H2,1H3. The van der Waals surface area contributed by atoms with E-state index in [0.717, 1.165) is 36.5 Å². The molecule has 0 amide bonds. The third-order valence-corrected chi connectivity index (χ3v) is 2.40. The van der Waals surface area contributed by atoms with Crippen molar-refractivity contribution in [3.05, 3.63) is 42.4 Å². The second-order valence-electron chi connectivity index (χ2n) is 3.67. The molecular formula is C13H16N2O. The molecule has 0 fully saturated rings. The van der Waals surface area contributed by atoms with Gasteiger partial charge >= 0.3 is 0 Å². The van der Waals surface area contributed by atoms with E-state index in [-0.39, 0.29) is 0 Å². The van der Waals surface area contributed by atoms with E-state index < -0.39 is 0 Å². The Morgan fingerprint density at radius 3 is 2.81 bits per heavy atom. The van der Waals surface area contributed by atoms with Crippen LogP contribution in [0.5, 0.6) is 0 Å². The van der Waals surface area contributed by atoms with Crippen LogP contribution < -0.4 is 5.32 Å². The van der Waals surface area contributed by atoms with Crippen LogP contribution in [0.25, 0.3) is 11.3 Å². The van der Waals surface area contributed by atoms with Crippen molar-refractivity contribution >= 4 is 0 Å². The Labute approximate surface area is 95.5 Å². The molecular weight excluding hydrogens is 200 g/mol. The van der Waals surface area contributed by atoms with Gasteiger partial charge in [0.05, 0.1) is 0 Å². The van der Waals surface area contributed by atoms with Crippen molar-refractivity contribution in [2.45, 2.75) is 19.9 Å². The minimum Gasteiger partial charge on any atom is -0.443 e. The van der Waals surface area contributed by atoms with Gasteiger partial charge in [-0.1, -0.05) is 37.3 Å². The first-order valence-corrected chi connectivity index (χ1v) is 5.60. The fourth-order valence-electron chi connectivity index (χ4n) is 1.60. The molecule has 0 aliphatic rings. The summed E-state index contributed by atoms with van der Waals surface area (Å²) in [5.74, 6) is 0.865. The predicted octanol–water partition coefficient (Wildman–Crippen LogP) is 2.84. The van der Waals surface area contributed by atoms with E-state index in [0.29, 0.717) is 0 Å². The fraction of sp³-hybridized carbons (Fsp3) is 0.308. The van der Waals surface area contributed by atoms with Gasteiger partial charge in [0.15, 0.2) is 12.2 Å². The summed E-state index contributed by atoms with van der Waals surface area (Å²) < 4.78 is 5.43. The highest BCUT2D eigenvalue weighted by Crippen LogP contribution is 2.22. The Morgan fingerprint density at radius 1 is 1.25 bits per heavy atom. The Hall–Kier alpha value is -1.61. The second kappa shape index (κ2) is 5.47. The van der Waals surface area contributed by atoms with Crippen molar-refractivity contribution in [1.82, 2.24) is 10.3 Å². The molecule has 0 unspecified atom stereocenters. The van der Waals surface area contributed by atoms with E-state index in [1.165, 1.54) is 6.39 Å². The van der Waals surface area contributed by atoms with E-state index in [1.54, 1.807) is 0 Å². The average molecular weight is 216 g/mol. The van der Waals surface area contributed by atoms with Gasteiger partial charge in [-0.25, -0.2) is 4.98 Å². The molecule has 0 saturated carbocycles. The molecule has 0 aliphatic heterocycles. The molecule has 0 atom stereocenters. The summed E-state index contributed by atoms with van der Waals surface area (Å²) in [7, 11) is 0. The fourth-order valence-corrected chi connectivity index (χ4v) is 1.60. The summed E-state index contributed by atoms with van der Waals surface area (Å²) in [5.41, 5.74) is 2.05. The quantitative estimate of drug-likeness (QED) is 0.781. The summed E-state index contributed by atoms with van der Waals surface area (Å²) in [5, 5.41) is 3.33. The Bertz CT molecular complexity index is 423. The van der Waals surface area contributed by atoms with Crippen molar-refractivity contribution in [1.29, 1.82) is 0 Å². The highest BCUT2D eigenvalue weighted by atomic mass is 16.3. The maximum Gasteiger partial charge on any atom is 0.181 e. The van der Waals surface area contributed by atoms with Gasteiger partial charge in [0.1, 0.15) is 5.69 Å². The molecule has 84 valence electrons. The largest absolute Gasteiger partial charge is 0.443 e. The van der Waals surface area contributed by atoms with Crippen LogP contribution in [0.15, 0.2) is 41.1 Å². The van der Waals surface area contributed by atoms with Gasteiger partial charge in [0.2, 0.25) is 0 Å². The van der Waals surface area contributed by atoms with Gasteiger partial charge in [-0.2, -0.15) is 0 Å². The highest BCUT2D eigenvalue weighted by molar-refractivity contribution is 5.59. The van der Waals surface area contributed by atoms with E-state index in [4.69, 9.17) is 4.42 Å². The summed E-state index contributed by atoms with van der Waals surface area (Å²) in [4.78, 5) is 4.24. The number of hydrogen-bond donors (Lipinski definition) is 1. The smallest absolute Gasteiger partial charge is 0.181 e. The van der Waals surface area contributed by atoms with Crippen molar-refractivity contribution in [2.24, 2.45) is 0 Å². The van der Waals surface area contributed by atoms with Crippen LogP contribution in [0.4, 0.5) is 0 Å². The number of oxazole rings is 1. The number of hydrogen-bond acceptors (Lipinski definition) is 3. The van der Waals surface area contributed by atoms with Gasteiger partial charge in [-0.15, -0.1) is 0 Å². The van der Waals surface area contributed by atoms with Crippen LogP contribution in [-0.2, 0) is 6.54 Å². The maximum absolute atomic E-state index is 5.43. The zero-order chi connectivity index (χ0) is 11.2. The first kappa shape index (κ1) is 10.9. The lowest BCUT2D eigenvalue weighted by Gasteiger charge is -2.02. The first-order valence-electron chi connectivity index (χ1n) is 5.60. The summed E-state index contributed by atoms with van der Waals surface area (Å²) in [6.45, 7) is 3.91. The lowest BCUT2D eigenvalue weighted by molar-refractivity contribution is 0.569. The third kappa shape index (κ3) is 2.49. The molecule has 3 nitrogen and oxygen atoms in total. The van der Waals surface area contributed by atoms with Gasteiger partial charge in [-0.3, -0.25) is 0 Å².